The van der Waals surface area contributed by atoms with Crippen molar-refractivity contribution >= 4 is 16.8 Å². The van der Waals surface area contributed by atoms with E-state index in [2.05, 4.69) is 17.9 Å². The molecule has 0 radical (unpaired) electrons. The largest absolute Gasteiger partial charge is 0.375 e. The van der Waals surface area contributed by atoms with E-state index < -0.39 is 0 Å². The molecule has 3 heterocycles. The van der Waals surface area contributed by atoms with Gasteiger partial charge in [-0.1, -0.05) is 25.1 Å². The monoisotopic (exact) mass is 351 g/mol. The quantitative estimate of drug-likeness (QED) is 0.760. The molecule has 26 heavy (non-hydrogen) atoms. The summed E-state index contributed by atoms with van der Waals surface area (Å²) in [6.07, 6.45) is 3.91. The highest BCUT2D eigenvalue weighted by atomic mass is 16.5. The van der Waals surface area contributed by atoms with E-state index >= 15 is 0 Å². The minimum Gasteiger partial charge on any atom is -0.375 e. The third-order valence-electron chi connectivity index (χ3n) is 6.37. The number of para-hydroxylation sites is 1. The summed E-state index contributed by atoms with van der Waals surface area (Å²) in [5.41, 5.74) is 2.99. The highest BCUT2D eigenvalue weighted by Gasteiger charge is 2.48. The van der Waals surface area contributed by atoms with E-state index in [4.69, 9.17) is 11.3 Å². The predicted molar refractivity (Wildman–Crippen MR) is 101 cm³/mol. The molecule has 0 saturated heterocycles. The zero-order valence-electron chi connectivity index (χ0n) is 15.5. The van der Waals surface area contributed by atoms with Crippen LogP contribution in [-0.2, 0) is 11.2 Å². The molecule has 0 saturated carbocycles. The number of ether oxygens (including phenoxy) is 1. The smallest absolute Gasteiger partial charge is 0.232 e. The molecule has 1 aromatic carbocycles. The number of rotatable bonds is 2. The number of aromatic nitrogens is 1. The van der Waals surface area contributed by atoms with Crippen molar-refractivity contribution in [3.63, 3.8) is 0 Å². The Labute approximate surface area is 154 Å². The maximum atomic E-state index is 13.2. The van der Waals surface area contributed by atoms with Gasteiger partial charge in [0.05, 0.1) is 24.3 Å². The van der Waals surface area contributed by atoms with Crippen molar-refractivity contribution in [3.05, 3.63) is 47.0 Å². The predicted octanol–water partition coefficient (Wildman–Crippen LogP) is 4.24. The van der Waals surface area contributed by atoms with Gasteiger partial charge in [0.15, 0.2) is 0 Å². The Balaban J connectivity index is 2.01. The minimum absolute atomic E-state index is 0.0768. The van der Waals surface area contributed by atoms with Crippen LogP contribution in [0.3, 0.4) is 0 Å². The number of methoxy groups -OCH3 is 1. The summed E-state index contributed by atoms with van der Waals surface area (Å²) in [4.78, 5) is 16.9. The Morgan fingerprint density at radius 2 is 2.15 bits per heavy atom. The van der Waals surface area contributed by atoms with Gasteiger partial charge < -0.3 is 4.74 Å². The molecule has 2 atom stereocenters. The van der Waals surface area contributed by atoms with E-state index in [9.17, 15) is 4.79 Å². The van der Waals surface area contributed by atoms with Gasteiger partial charge in [0, 0.05) is 24.3 Å². The van der Waals surface area contributed by atoms with Gasteiger partial charge in [-0.15, -0.1) is 5.01 Å². The first-order valence-corrected chi connectivity index (χ1v) is 9.45. The van der Waals surface area contributed by atoms with Crippen molar-refractivity contribution in [1.29, 1.82) is 0 Å². The molecule has 2 bridgehead atoms. The molecule has 5 heteroatoms. The lowest BCUT2D eigenvalue weighted by atomic mass is 9.69. The van der Waals surface area contributed by atoms with Gasteiger partial charge in [-0.2, -0.15) is 11.5 Å². The zero-order chi connectivity index (χ0) is 18.3. The average molecular weight is 351 g/mol. The minimum atomic E-state index is -0.185. The Bertz CT molecular complexity index is 895. The van der Waals surface area contributed by atoms with Crippen molar-refractivity contribution in [2.45, 2.75) is 45.1 Å². The zero-order valence-corrected chi connectivity index (χ0v) is 15.5. The Hall–Kier alpha value is -2.32. The topological polar surface area (TPSA) is 38.8 Å². The number of fused-ring (bicyclic) bond motifs is 4. The molecule has 2 unspecified atom stereocenters. The molecular formula is C21H25N3O2. The van der Waals surface area contributed by atoms with Gasteiger partial charge in [-0.25, -0.2) is 0 Å². The van der Waals surface area contributed by atoms with Gasteiger partial charge in [-0.05, 0) is 37.3 Å². The van der Waals surface area contributed by atoms with Crippen molar-refractivity contribution in [3.8, 4) is 0 Å². The molecule has 1 aromatic heterocycles. The second-order valence-corrected chi connectivity index (χ2v) is 7.53. The van der Waals surface area contributed by atoms with Crippen LogP contribution >= 0.6 is 0 Å². The van der Waals surface area contributed by atoms with Crippen molar-refractivity contribution in [2.24, 2.45) is 5.41 Å². The number of nitrogens with zero attached hydrogens (tertiary/aromatic N) is 3. The normalized spacial score (nSPS) is 26.0. The third kappa shape index (κ3) is 2.36. The number of carbonyl (C=O) groups excluding carboxylic acids is 1. The van der Waals surface area contributed by atoms with Crippen LogP contribution in [0.5, 0.6) is 0 Å². The summed E-state index contributed by atoms with van der Waals surface area (Å²) in [5.74, 6) is 0.181. The number of carbonyl (C=O) groups is 1. The first-order chi connectivity index (χ1) is 12.6. The van der Waals surface area contributed by atoms with E-state index in [1.54, 1.807) is 7.11 Å². The van der Waals surface area contributed by atoms with Crippen LogP contribution in [0.4, 0.5) is 0 Å². The molecule has 0 spiro atoms. The fourth-order valence-electron chi connectivity index (χ4n) is 5.03. The highest BCUT2D eigenvalue weighted by molar-refractivity contribution is 5.97. The van der Waals surface area contributed by atoms with Crippen LogP contribution < -0.4 is 0 Å². The number of hydrogen-bond donors (Lipinski definition) is 0. The van der Waals surface area contributed by atoms with Crippen molar-refractivity contribution < 1.29 is 9.53 Å². The summed E-state index contributed by atoms with van der Waals surface area (Å²) in [6, 6.07) is 8.13. The van der Waals surface area contributed by atoms with E-state index in [-0.39, 0.29) is 17.4 Å². The SMILES string of the molecule is [C-]#[N+]N1CCCC2(CC)CC(=O)n3c(c(c4ccccc43)CC1)C2OC. The standard InChI is InChI=1S/C21H25N3O2/c1-4-21-11-7-12-23(22-2)13-10-16-15-8-5-6-9-17(15)24(18(25)14-21)19(16)20(21)26-3/h5-6,8-9,20H,4,7,10-14H2,1,3H3. The average Bonchev–Trinajstić information content (AvgIpc) is 2.99. The van der Waals surface area contributed by atoms with E-state index in [1.165, 1.54) is 5.56 Å². The van der Waals surface area contributed by atoms with Crippen molar-refractivity contribution in [1.82, 2.24) is 9.58 Å². The second-order valence-electron chi connectivity index (χ2n) is 7.53. The van der Waals surface area contributed by atoms with Crippen LogP contribution in [0.1, 0.15) is 54.8 Å². The van der Waals surface area contributed by atoms with Crippen LogP contribution in [-0.4, -0.2) is 35.7 Å². The summed E-state index contributed by atoms with van der Waals surface area (Å²) in [7, 11) is 1.77. The molecule has 2 aliphatic rings. The first-order valence-electron chi connectivity index (χ1n) is 9.45. The Morgan fingerprint density at radius 3 is 2.88 bits per heavy atom. The molecule has 0 fully saturated rings. The van der Waals surface area contributed by atoms with Crippen LogP contribution in [0.15, 0.2) is 24.3 Å². The molecule has 0 amide bonds. The molecule has 2 aliphatic heterocycles. The Morgan fingerprint density at radius 1 is 1.35 bits per heavy atom. The lowest BCUT2D eigenvalue weighted by Crippen LogP contribution is -2.42. The molecule has 5 nitrogen and oxygen atoms in total. The molecular weight excluding hydrogens is 326 g/mol. The van der Waals surface area contributed by atoms with Gasteiger partial charge in [0.25, 0.3) is 0 Å². The van der Waals surface area contributed by atoms with Crippen molar-refractivity contribution in [2.75, 3.05) is 20.2 Å². The number of hydrogen-bond acceptors (Lipinski definition) is 3. The fourth-order valence-corrected chi connectivity index (χ4v) is 5.03. The van der Waals surface area contributed by atoms with Gasteiger partial charge in [0.2, 0.25) is 5.91 Å². The maximum absolute atomic E-state index is 13.2. The molecule has 4 rings (SSSR count). The van der Waals surface area contributed by atoms with Gasteiger partial charge in [0.1, 0.15) is 6.10 Å². The molecule has 0 aliphatic carbocycles. The van der Waals surface area contributed by atoms with E-state index in [0.717, 1.165) is 48.8 Å². The van der Waals surface area contributed by atoms with Gasteiger partial charge >= 0.3 is 0 Å². The lowest BCUT2D eigenvalue weighted by molar-refractivity contribution is -0.0421. The lowest BCUT2D eigenvalue weighted by Gasteiger charge is -2.44. The molecule has 2 aromatic rings. The number of benzene rings is 1. The summed E-state index contributed by atoms with van der Waals surface area (Å²) >= 11 is 0. The van der Waals surface area contributed by atoms with Gasteiger partial charge in [-0.3, -0.25) is 9.36 Å². The first kappa shape index (κ1) is 17.1. The summed E-state index contributed by atoms with van der Waals surface area (Å²) in [5, 5.41) is 2.96. The van der Waals surface area contributed by atoms with Crippen LogP contribution in [0.25, 0.3) is 15.9 Å². The van der Waals surface area contributed by atoms with Crippen LogP contribution in [0, 0.1) is 12.0 Å². The van der Waals surface area contributed by atoms with E-state index in [1.807, 2.05) is 27.8 Å². The molecule has 0 N–H and O–H groups in total. The second kappa shape index (κ2) is 6.44. The summed E-state index contributed by atoms with van der Waals surface area (Å²) < 4.78 is 7.97. The van der Waals surface area contributed by atoms with Crippen LogP contribution in [0.2, 0.25) is 0 Å². The fraction of sp³-hybridized carbons (Fsp3) is 0.524. The Kier molecular flexibility index (Phi) is 4.24. The summed E-state index contributed by atoms with van der Waals surface area (Å²) in [6.45, 7) is 11.1. The molecule has 136 valence electrons. The maximum Gasteiger partial charge on any atom is 0.232 e. The third-order valence-corrected chi connectivity index (χ3v) is 6.37. The highest BCUT2D eigenvalue weighted by Crippen LogP contribution is 2.52. The van der Waals surface area contributed by atoms with E-state index in [0.29, 0.717) is 13.0 Å².